The van der Waals surface area contributed by atoms with Crippen LogP contribution in [-0.2, 0) is 0 Å². The smallest absolute Gasteiger partial charge is 0.114 e. The van der Waals surface area contributed by atoms with Gasteiger partial charge in [-0.25, -0.2) is 4.39 Å². The largest absolute Gasteiger partial charge is 0.330 e. The second-order valence-corrected chi connectivity index (χ2v) is 3.64. The van der Waals surface area contributed by atoms with Crippen molar-refractivity contribution in [2.45, 2.75) is 39.8 Å². The first-order valence-electron chi connectivity index (χ1n) is 3.76. The Hall–Kier alpha value is -0.110. The van der Waals surface area contributed by atoms with Crippen molar-refractivity contribution in [1.82, 2.24) is 0 Å². The van der Waals surface area contributed by atoms with Crippen LogP contribution < -0.4 is 5.73 Å². The molecule has 1 nitrogen and oxygen atoms in total. The maximum atomic E-state index is 13.5. The van der Waals surface area contributed by atoms with E-state index < -0.39 is 11.1 Å². The fourth-order valence-electron chi connectivity index (χ4n) is 0.691. The van der Waals surface area contributed by atoms with E-state index in [1.165, 1.54) is 0 Å². The summed E-state index contributed by atoms with van der Waals surface area (Å²) in [6.45, 7) is 7.57. The van der Waals surface area contributed by atoms with Crippen LogP contribution in [0.15, 0.2) is 0 Å². The Morgan fingerprint density at radius 2 is 1.70 bits per heavy atom. The molecule has 1 atom stereocenters. The van der Waals surface area contributed by atoms with Crippen LogP contribution in [0.1, 0.15) is 34.1 Å². The molecule has 0 saturated carbocycles. The average molecular weight is 147 g/mol. The van der Waals surface area contributed by atoms with Gasteiger partial charge in [0.25, 0.3) is 0 Å². The number of halogens is 1. The van der Waals surface area contributed by atoms with Crippen molar-refractivity contribution in [2.75, 3.05) is 6.54 Å². The zero-order valence-corrected chi connectivity index (χ0v) is 7.37. The Balaban J connectivity index is 4.28. The molecule has 0 aromatic carbocycles. The number of alkyl halides is 1. The third-order valence-electron chi connectivity index (χ3n) is 2.59. The minimum Gasteiger partial charge on any atom is -0.330 e. The maximum absolute atomic E-state index is 13.5. The second kappa shape index (κ2) is 2.87. The molecule has 1 unspecified atom stereocenters. The van der Waals surface area contributed by atoms with E-state index >= 15 is 0 Å². The van der Waals surface area contributed by atoms with Crippen molar-refractivity contribution < 1.29 is 4.39 Å². The van der Waals surface area contributed by atoms with Crippen LogP contribution in [0.2, 0.25) is 0 Å². The summed E-state index contributed by atoms with van der Waals surface area (Å²) >= 11 is 0. The molecule has 62 valence electrons. The summed E-state index contributed by atoms with van der Waals surface area (Å²) in [5.74, 6) is 0. The molecule has 0 aromatic heterocycles. The van der Waals surface area contributed by atoms with Crippen LogP contribution in [-0.4, -0.2) is 12.2 Å². The SMILES string of the molecule is CCC(C)(F)C(C)(C)CN. The summed E-state index contributed by atoms with van der Waals surface area (Å²) in [5, 5.41) is 0. The van der Waals surface area contributed by atoms with Gasteiger partial charge in [-0.15, -0.1) is 0 Å². The summed E-state index contributed by atoms with van der Waals surface area (Å²) in [6.07, 6.45) is 0.525. The molecule has 0 aliphatic carbocycles. The van der Waals surface area contributed by atoms with E-state index in [4.69, 9.17) is 5.73 Å². The van der Waals surface area contributed by atoms with Crippen molar-refractivity contribution in [3.8, 4) is 0 Å². The third-order valence-corrected chi connectivity index (χ3v) is 2.59. The van der Waals surface area contributed by atoms with E-state index in [1.807, 2.05) is 20.8 Å². The monoisotopic (exact) mass is 147 g/mol. The van der Waals surface area contributed by atoms with Crippen molar-refractivity contribution in [2.24, 2.45) is 11.1 Å². The van der Waals surface area contributed by atoms with Crippen LogP contribution in [0.25, 0.3) is 0 Å². The highest BCUT2D eigenvalue weighted by Gasteiger charge is 2.38. The third kappa shape index (κ3) is 1.69. The molecule has 0 aromatic rings. The van der Waals surface area contributed by atoms with E-state index in [-0.39, 0.29) is 0 Å². The van der Waals surface area contributed by atoms with Gasteiger partial charge in [0.05, 0.1) is 0 Å². The van der Waals surface area contributed by atoms with E-state index in [0.717, 1.165) is 0 Å². The standard InChI is InChI=1S/C8H18FN/c1-5-8(4,9)7(2,3)6-10/h5-6,10H2,1-4H3. The van der Waals surface area contributed by atoms with Gasteiger partial charge in [0, 0.05) is 12.0 Å². The maximum Gasteiger partial charge on any atom is 0.114 e. The Labute approximate surface area is 62.8 Å². The predicted octanol–water partition coefficient (Wildman–Crippen LogP) is 2.11. The lowest BCUT2D eigenvalue weighted by molar-refractivity contribution is 0.0369. The molecule has 0 fully saturated rings. The molecule has 2 N–H and O–H groups in total. The highest BCUT2D eigenvalue weighted by Crippen LogP contribution is 2.35. The van der Waals surface area contributed by atoms with Crippen LogP contribution in [0, 0.1) is 5.41 Å². The lowest BCUT2D eigenvalue weighted by atomic mass is 9.76. The minimum atomic E-state index is -1.14. The molecule has 0 spiro atoms. The first kappa shape index (κ1) is 9.89. The lowest BCUT2D eigenvalue weighted by Crippen LogP contribution is -2.42. The van der Waals surface area contributed by atoms with Gasteiger partial charge in [-0.2, -0.15) is 0 Å². The first-order valence-corrected chi connectivity index (χ1v) is 3.76. The summed E-state index contributed by atoms with van der Waals surface area (Å²) in [6, 6.07) is 0. The highest BCUT2D eigenvalue weighted by atomic mass is 19.1. The van der Waals surface area contributed by atoms with Crippen LogP contribution in [0.4, 0.5) is 4.39 Å². The molecule has 0 heterocycles. The normalized spacial score (nSPS) is 18.6. The molecule has 0 bridgehead atoms. The van der Waals surface area contributed by atoms with Crippen LogP contribution >= 0.6 is 0 Å². The number of rotatable bonds is 3. The van der Waals surface area contributed by atoms with Crippen molar-refractivity contribution in [3.05, 3.63) is 0 Å². The Morgan fingerprint density at radius 1 is 1.30 bits per heavy atom. The molecule has 0 aliphatic rings. The van der Waals surface area contributed by atoms with Gasteiger partial charge in [-0.1, -0.05) is 20.8 Å². The van der Waals surface area contributed by atoms with Gasteiger partial charge < -0.3 is 5.73 Å². The fourth-order valence-corrected chi connectivity index (χ4v) is 0.691. The molecular formula is C8H18FN. The molecule has 2 heteroatoms. The molecular weight excluding hydrogens is 129 g/mol. The van der Waals surface area contributed by atoms with E-state index in [2.05, 4.69) is 0 Å². The molecule has 0 saturated heterocycles. The summed E-state index contributed by atoms with van der Waals surface area (Å²) < 4.78 is 13.5. The van der Waals surface area contributed by atoms with Crippen LogP contribution in [0.3, 0.4) is 0 Å². The van der Waals surface area contributed by atoms with Gasteiger partial charge in [-0.05, 0) is 13.3 Å². The average Bonchev–Trinajstić information content (AvgIpc) is 1.88. The van der Waals surface area contributed by atoms with E-state index in [1.54, 1.807) is 6.92 Å². The number of hydrogen-bond donors (Lipinski definition) is 1. The van der Waals surface area contributed by atoms with Gasteiger partial charge in [0.2, 0.25) is 0 Å². The quantitative estimate of drug-likeness (QED) is 0.650. The molecule has 0 aliphatic heterocycles. The first-order chi connectivity index (χ1) is 4.37. The Bertz CT molecular complexity index is 93.8. The molecule has 0 radical (unpaired) electrons. The number of hydrogen-bond acceptors (Lipinski definition) is 1. The summed E-state index contributed by atoms with van der Waals surface area (Å²) in [7, 11) is 0. The van der Waals surface area contributed by atoms with Crippen molar-refractivity contribution in [3.63, 3.8) is 0 Å². The molecule has 0 amide bonds. The van der Waals surface area contributed by atoms with Crippen molar-refractivity contribution >= 4 is 0 Å². The highest BCUT2D eigenvalue weighted by molar-refractivity contribution is 4.89. The lowest BCUT2D eigenvalue weighted by Gasteiger charge is -2.35. The van der Waals surface area contributed by atoms with E-state index in [0.29, 0.717) is 13.0 Å². The minimum absolute atomic E-state index is 0.397. The van der Waals surface area contributed by atoms with Gasteiger partial charge >= 0.3 is 0 Å². The van der Waals surface area contributed by atoms with Gasteiger partial charge in [-0.3, -0.25) is 0 Å². The summed E-state index contributed by atoms with van der Waals surface area (Å²) in [4.78, 5) is 0. The fraction of sp³-hybridized carbons (Fsp3) is 1.00. The Morgan fingerprint density at radius 3 is 1.80 bits per heavy atom. The van der Waals surface area contributed by atoms with Gasteiger partial charge in [0.1, 0.15) is 5.67 Å². The van der Waals surface area contributed by atoms with Crippen LogP contribution in [0.5, 0.6) is 0 Å². The Kier molecular flexibility index (Phi) is 2.84. The topological polar surface area (TPSA) is 26.0 Å². The number of nitrogens with two attached hydrogens (primary N) is 1. The summed E-state index contributed by atoms with van der Waals surface area (Å²) in [5.41, 5.74) is 3.89. The van der Waals surface area contributed by atoms with E-state index in [9.17, 15) is 4.39 Å². The second-order valence-electron chi connectivity index (χ2n) is 3.64. The molecule has 0 rings (SSSR count). The molecule has 10 heavy (non-hydrogen) atoms. The zero-order valence-electron chi connectivity index (χ0n) is 7.37. The zero-order chi connectivity index (χ0) is 8.41. The predicted molar refractivity (Wildman–Crippen MR) is 42.6 cm³/mol. The van der Waals surface area contributed by atoms with Crippen molar-refractivity contribution in [1.29, 1.82) is 0 Å². The van der Waals surface area contributed by atoms with Gasteiger partial charge in [0.15, 0.2) is 0 Å².